The van der Waals surface area contributed by atoms with Gasteiger partial charge in [0.25, 0.3) is 5.91 Å². The minimum Gasteiger partial charge on any atom is -0.465 e. The fourth-order valence-electron chi connectivity index (χ4n) is 4.60. The highest BCUT2D eigenvalue weighted by atomic mass is 19.4. The minimum atomic E-state index is -4.44. The topological polar surface area (TPSA) is 58.6 Å². The van der Waals surface area contributed by atoms with Gasteiger partial charge >= 0.3 is 12.1 Å². The van der Waals surface area contributed by atoms with Gasteiger partial charge in [0.15, 0.2) is 0 Å². The van der Waals surface area contributed by atoms with Crippen LogP contribution >= 0.6 is 0 Å². The van der Waals surface area contributed by atoms with Gasteiger partial charge in [0, 0.05) is 25.2 Å². The van der Waals surface area contributed by atoms with E-state index >= 15 is 0 Å². The van der Waals surface area contributed by atoms with E-state index in [1.807, 2.05) is 0 Å². The van der Waals surface area contributed by atoms with E-state index in [4.69, 9.17) is 4.74 Å². The molecule has 0 fully saturated rings. The third kappa shape index (κ3) is 13.5. The Morgan fingerprint density at radius 3 is 2.00 bits per heavy atom. The first-order chi connectivity index (χ1) is 19.2. The lowest BCUT2D eigenvalue weighted by atomic mass is 10.1. The first kappa shape index (κ1) is 33.3. The molecule has 0 aliphatic carbocycles. The van der Waals surface area contributed by atoms with E-state index in [-0.39, 0.29) is 25.6 Å². The number of esters is 1. The van der Waals surface area contributed by atoms with Crippen LogP contribution in [0, 0.1) is 0 Å². The first-order valence-electron chi connectivity index (χ1n) is 14.6. The molecule has 0 atom stereocenters. The van der Waals surface area contributed by atoms with Crippen molar-refractivity contribution in [1.82, 2.24) is 10.2 Å². The number of ether oxygens (including phenoxy) is 1. The van der Waals surface area contributed by atoms with E-state index in [0.717, 1.165) is 30.5 Å². The summed E-state index contributed by atoms with van der Waals surface area (Å²) in [6, 6.07) is 12.2. The smallest absolute Gasteiger partial charge is 0.416 e. The van der Waals surface area contributed by atoms with E-state index in [2.05, 4.69) is 12.2 Å². The van der Waals surface area contributed by atoms with Gasteiger partial charge in [-0.2, -0.15) is 13.2 Å². The zero-order chi connectivity index (χ0) is 29.2. The summed E-state index contributed by atoms with van der Waals surface area (Å²) >= 11 is 0. The number of nitrogens with zero attached hydrogens (tertiary/aromatic N) is 1. The standard InChI is InChI=1S/C32H45F3N2O3/c1-3-5-6-7-8-9-10-11-12-13-21-36-31(39)28-19-17-26(18-20-28)23-37(25-30(38)40-4-2)24-27-15-14-16-29(22-27)32(33,34)35/h14-20,22H,3-13,21,23-25H2,1-2H3,(H,36,39). The van der Waals surface area contributed by atoms with E-state index in [0.29, 0.717) is 24.2 Å². The number of alkyl halides is 3. The van der Waals surface area contributed by atoms with Crippen LogP contribution in [0.25, 0.3) is 0 Å². The molecule has 2 aromatic carbocycles. The molecule has 5 nitrogen and oxygen atoms in total. The Morgan fingerprint density at radius 1 is 0.800 bits per heavy atom. The summed E-state index contributed by atoms with van der Waals surface area (Å²) in [5.41, 5.74) is 1.10. The van der Waals surface area contributed by atoms with Gasteiger partial charge in [-0.25, -0.2) is 0 Å². The van der Waals surface area contributed by atoms with Gasteiger partial charge in [0.05, 0.1) is 18.7 Å². The number of rotatable bonds is 19. The van der Waals surface area contributed by atoms with Crippen LogP contribution in [0.2, 0.25) is 0 Å². The number of amides is 1. The van der Waals surface area contributed by atoms with Crippen LogP contribution in [0.4, 0.5) is 13.2 Å². The van der Waals surface area contributed by atoms with Crippen LogP contribution in [0.3, 0.4) is 0 Å². The second-order valence-electron chi connectivity index (χ2n) is 10.3. The maximum Gasteiger partial charge on any atom is 0.416 e. The Labute approximate surface area is 237 Å². The zero-order valence-electron chi connectivity index (χ0n) is 24.0. The van der Waals surface area contributed by atoms with E-state index in [1.54, 1.807) is 42.2 Å². The summed E-state index contributed by atoms with van der Waals surface area (Å²) in [4.78, 5) is 26.4. The number of halogens is 3. The highest BCUT2D eigenvalue weighted by Gasteiger charge is 2.30. The van der Waals surface area contributed by atoms with E-state index < -0.39 is 17.7 Å². The van der Waals surface area contributed by atoms with Crippen LogP contribution in [0.5, 0.6) is 0 Å². The molecule has 0 unspecified atom stereocenters. The minimum absolute atomic E-state index is 0.0643. The summed E-state index contributed by atoms with van der Waals surface area (Å²) in [6.45, 7) is 5.19. The lowest BCUT2D eigenvalue weighted by Crippen LogP contribution is -2.30. The van der Waals surface area contributed by atoms with Crippen LogP contribution in [0.15, 0.2) is 48.5 Å². The number of hydrogen-bond donors (Lipinski definition) is 1. The Balaban J connectivity index is 1.83. The Morgan fingerprint density at radius 2 is 1.40 bits per heavy atom. The van der Waals surface area contributed by atoms with Crippen molar-refractivity contribution in [2.75, 3.05) is 19.7 Å². The van der Waals surface area contributed by atoms with Crippen molar-refractivity contribution >= 4 is 11.9 Å². The van der Waals surface area contributed by atoms with E-state index in [1.165, 1.54) is 57.4 Å². The molecule has 0 bridgehead atoms. The largest absolute Gasteiger partial charge is 0.465 e. The normalized spacial score (nSPS) is 11.6. The van der Waals surface area contributed by atoms with Gasteiger partial charge < -0.3 is 10.1 Å². The number of hydrogen-bond acceptors (Lipinski definition) is 4. The molecule has 0 aromatic heterocycles. The summed E-state index contributed by atoms with van der Waals surface area (Å²) in [5.74, 6) is -0.577. The van der Waals surface area contributed by atoms with Gasteiger partial charge in [-0.1, -0.05) is 95.0 Å². The first-order valence-corrected chi connectivity index (χ1v) is 14.6. The maximum absolute atomic E-state index is 13.1. The fraction of sp³-hybridized carbons (Fsp3) is 0.562. The Bertz CT molecular complexity index is 1010. The lowest BCUT2D eigenvalue weighted by Gasteiger charge is -2.22. The third-order valence-electron chi connectivity index (χ3n) is 6.76. The molecule has 2 aromatic rings. The summed E-state index contributed by atoms with van der Waals surface area (Å²) in [7, 11) is 0. The van der Waals surface area contributed by atoms with Crippen molar-refractivity contribution in [2.24, 2.45) is 0 Å². The summed E-state index contributed by atoms with van der Waals surface area (Å²) in [5, 5.41) is 2.97. The number of benzene rings is 2. The Hall–Kier alpha value is -2.87. The van der Waals surface area contributed by atoms with Gasteiger partial charge in [0.1, 0.15) is 0 Å². The van der Waals surface area contributed by atoms with Crippen molar-refractivity contribution in [1.29, 1.82) is 0 Å². The van der Waals surface area contributed by atoms with Gasteiger partial charge in [0.2, 0.25) is 0 Å². The molecule has 1 amide bonds. The molecule has 0 spiro atoms. The van der Waals surface area contributed by atoms with Crippen LogP contribution in [-0.4, -0.2) is 36.5 Å². The summed E-state index contributed by atoms with van der Waals surface area (Å²) < 4.78 is 44.5. The molecule has 40 heavy (non-hydrogen) atoms. The highest BCUT2D eigenvalue weighted by Crippen LogP contribution is 2.30. The number of unbranched alkanes of at least 4 members (excludes halogenated alkanes) is 9. The molecule has 1 N–H and O–H groups in total. The average Bonchev–Trinajstić information content (AvgIpc) is 2.92. The lowest BCUT2D eigenvalue weighted by molar-refractivity contribution is -0.144. The Kier molecular flexibility index (Phi) is 15.4. The molecule has 222 valence electrons. The highest BCUT2D eigenvalue weighted by molar-refractivity contribution is 5.94. The molecule has 8 heteroatoms. The van der Waals surface area contributed by atoms with E-state index in [9.17, 15) is 22.8 Å². The molecule has 0 aliphatic rings. The average molecular weight is 563 g/mol. The maximum atomic E-state index is 13.1. The van der Waals surface area contributed by atoms with Gasteiger partial charge in [-0.05, 0) is 42.7 Å². The van der Waals surface area contributed by atoms with Crippen molar-refractivity contribution < 1.29 is 27.5 Å². The number of carbonyl (C=O) groups excluding carboxylic acids is 2. The molecule has 0 heterocycles. The molecular formula is C32H45F3N2O3. The molecule has 0 saturated heterocycles. The molecule has 0 saturated carbocycles. The number of carbonyl (C=O) groups is 2. The van der Waals surface area contributed by atoms with Crippen molar-refractivity contribution in [3.05, 3.63) is 70.8 Å². The monoisotopic (exact) mass is 562 g/mol. The number of nitrogens with one attached hydrogen (secondary N) is 1. The second kappa shape index (κ2) is 18.5. The SMILES string of the molecule is CCCCCCCCCCCCNC(=O)c1ccc(CN(CC(=O)OCC)Cc2cccc(C(F)(F)F)c2)cc1. The second-order valence-corrected chi connectivity index (χ2v) is 10.3. The van der Waals surface area contributed by atoms with Gasteiger partial charge in [-0.15, -0.1) is 0 Å². The molecule has 0 radical (unpaired) electrons. The molecule has 2 rings (SSSR count). The van der Waals surface area contributed by atoms with Crippen molar-refractivity contribution in [3.8, 4) is 0 Å². The molecular weight excluding hydrogens is 517 g/mol. The van der Waals surface area contributed by atoms with Crippen LogP contribution in [0.1, 0.15) is 105 Å². The molecule has 0 aliphatic heterocycles. The zero-order valence-corrected chi connectivity index (χ0v) is 24.0. The predicted octanol–water partition coefficient (Wildman–Crippen LogP) is 7.92. The van der Waals surface area contributed by atoms with Crippen LogP contribution < -0.4 is 5.32 Å². The fourth-order valence-corrected chi connectivity index (χ4v) is 4.60. The van der Waals surface area contributed by atoms with Crippen molar-refractivity contribution in [3.63, 3.8) is 0 Å². The van der Waals surface area contributed by atoms with Crippen LogP contribution in [-0.2, 0) is 28.8 Å². The predicted molar refractivity (Wildman–Crippen MR) is 153 cm³/mol. The summed E-state index contributed by atoms with van der Waals surface area (Å²) in [6.07, 6.45) is 7.97. The van der Waals surface area contributed by atoms with Crippen molar-refractivity contribution in [2.45, 2.75) is 97.3 Å². The quantitative estimate of drug-likeness (QED) is 0.140. The van der Waals surface area contributed by atoms with Gasteiger partial charge in [-0.3, -0.25) is 14.5 Å². The third-order valence-corrected chi connectivity index (χ3v) is 6.76.